The Kier molecular flexibility index (Phi) is 10.4. The van der Waals surface area contributed by atoms with Crippen molar-refractivity contribution in [3.05, 3.63) is 88.4 Å². The van der Waals surface area contributed by atoms with Crippen molar-refractivity contribution in [3.8, 4) is 11.5 Å². The number of anilines is 1. The minimum Gasteiger partial charge on any atom is -0.461 e. The van der Waals surface area contributed by atoms with Gasteiger partial charge in [-0.15, -0.1) is 0 Å². The van der Waals surface area contributed by atoms with Crippen LogP contribution in [-0.2, 0) is 9.53 Å². The Labute approximate surface area is 220 Å². The number of likely N-dealkylation sites (N-methyl/N-ethyl adjacent to an activating group) is 1. The smallest absolute Gasteiger partial charge is 0.338 e. The molecule has 0 unspecified atom stereocenters. The number of carbonyl (C=O) groups is 2. The lowest BCUT2D eigenvalue weighted by Crippen LogP contribution is -2.38. The largest absolute Gasteiger partial charge is 0.461 e. The third kappa shape index (κ3) is 8.45. The van der Waals surface area contributed by atoms with Crippen molar-refractivity contribution in [2.45, 2.75) is 20.1 Å². The van der Waals surface area contributed by atoms with Crippen LogP contribution < -0.4 is 14.8 Å². The first-order chi connectivity index (χ1) is 17.4. The van der Waals surface area contributed by atoms with Gasteiger partial charge in [-0.2, -0.15) is 0 Å². The second-order valence-electron chi connectivity index (χ2n) is 7.70. The first-order valence-electron chi connectivity index (χ1n) is 11.5. The van der Waals surface area contributed by atoms with Gasteiger partial charge in [0, 0.05) is 22.3 Å². The summed E-state index contributed by atoms with van der Waals surface area (Å²) < 4.78 is 16.9. The van der Waals surface area contributed by atoms with Gasteiger partial charge in [0.05, 0.1) is 5.56 Å². The summed E-state index contributed by atoms with van der Waals surface area (Å²) in [7, 11) is 0. The van der Waals surface area contributed by atoms with Crippen molar-refractivity contribution in [3.63, 3.8) is 0 Å². The van der Waals surface area contributed by atoms with E-state index in [9.17, 15) is 9.59 Å². The molecule has 3 rings (SSSR count). The van der Waals surface area contributed by atoms with Crippen molar-refractivity contribution in [2.24, 2.45) is 0 Å². The molecule has 3 aromatic rings. The topological polar surface area (TPSA) is 77.1 Å². The van der Waals surface area contributed by atoms with Crippen LogP contribution in [0.25, 0.3) is 0 Å². The van der Waals surface area contributed by atoms with Gasteiger partial charge in [-0.25, -0.2) is 4.79 Å². The predicted octanol–water partition coefficient (Wildman–Crippen LogP) is 5.91. The highest BCUT2D eigenvalue weighted by Crippen LogP contribution is 2.21. The number of esters is 1. The molecule has 0 bridgehead atoms. The van der Waals surface area contributed by atoms with Crippen molar-refractivity contribution in [1.29, 1.82) is 0 Å². The van der Waals surface area contributed by atoms with Crippen LogP contribution in [0.4, 0.5) is 5.69 Å². The summed E-state index contributed by atoms with van der Waals surface area (Å²) in [5.74, 6) is -0.169. The van der Waals surface area contributed by atoms with Crippen LogP contribution >= 0.6 is 23.2 Å². The van der Waals surface area contributed by atoms with E-state index in [0.29, 0.717) is 45.9 Å². The molecular weight excluding hydrogens is 503 g/mol. The highest BCUT2D eigenvalue weighted by atomic mass is 35.5. The molecule has 36 heavy (non-hydrogen) atoms. The van der Waals surface area contributed by atoms with E-state index in [-0.39, 0.29) is 0 Å². The number of ether oxygens (including phenoxy) is 3. The Bertz CT molecular complexity index is 1070. The van der Waals surface area contributed by atoms with Gasteiger partial charge in [-0.05, 0) is 85.9 Å². The predicted molar refractivity (Wildman–Crippen MR) is 141 cm³/mol. The SMILES string of the molecule is CCN(CC)CCOC(=O)c1ccc(NC(=O)C(Oc2ccc(Cl)cc2)Oc2ccc(Cl)cc2)cc1. The molecule has 1 N–H and O–H groups in total. The first kappa shape index (κ1) is 27.3. The quantitative estimate of drug-likeness (QED) is 0.231. The zero-order valence-corrected chi connectivity index (χ0v) is 21.6. The maximum Gasteiger partial charge on any atom is 0.338 e. The van der Waals surface area contributed by atoms with Gasteiger partial charge >= 0.3 is 18.2 Å². The average Bonchev–Trinajstić information content (AvgIpc) is 2.89. The molecule has 0 spiro atoms. The molecule has 0 aliphatic rings. The second kappa shape index (κ2) is 13.7. The highest BCUT2D eigenvalue weighted by Gasteiger charge is 2.23. The van der Waals surface area contributed by atoms with Gasteiger partial charge < -0.3 is 24.4 Å². The van der Waals surface area contributed by atoms with Crippen LogP contribution in [0.15, 0.2) is 72.8 Å². The van der Waals surface area contributed by atoms with E-state index in [1.807, 2.05) is 0 Å². The van der Waals surface area contributed by atoms with Crippen LogP contribution in [0.2, 0.25) is 10.0 Å². The fourth-order valence-corrected chi connectivity index (χ4v) is 3.44. The standard InChI is InChI=1S/C27H28Cl2N2O5/c1-3-31(4-2)17-18-34-26(33)19-5-11-22(12-6-19)30-25(32)27(35-23-13-7-20(28)8-14-23)36-24-15-9-21(29)10-16-24/h5-16,27H,3-4,17-18H2,1-2H3,(H,30,32). The van der Waals surface area contributed by atoms with Crippen molar-refractivity contribution >= 4 is 40.8 Å². The first-order valence-corrected chi connectivity index (χ1v) is 12.3. The molecule has 0 aliphatic heterocycles. The molecule has 1 amide bonds. The Balaban J connectivity index is 1.64. The number of halogens is 2. The lowest BCUT2D eigenvalue weighted by molar-refractivity contribution is -0.134. The molecule has 190 valence electrons. The minimum absolute atomic E-state index is 0.310. The lowest BCUT2D eigenvalue weighted by Gasteiger charge is -2.20. The minimum atomic E-state index is -1.31. The van der Waals surface area contributed by atoms with Crippen molar-refractivity contribution < 1.29 is 23.8 Å². The Morgan fingerprint density at radius 1 is 0.806 bits per heavy atom. The molecule has 0 atom stereocenters. The number of hydrogen-bond donors (Lipinski definition) is 1. The number of rotatable bonds is 12. The summed E-state index contributed by atoms with van der Waals surface area (Å²) in [4.78, 5) is 27.5. The second-order valence-corrected chi connectivity index (χ2v) is 8.58. The summed E-state index contributed by atoms with van der Waals surface area (Å²) in [5.41, 5.74) is 0.850. The summed E-state index contributed by atoms with van der Waals surface area (Å²) in [6, 6.07) is 19.5. The molecule has 0 fully saturated rings. The van der Waals surface area contributed by atoms with Crippen LogP contribution in [0.5, 0.6) is 11.5 Å². The summed E-state index contributed by atoms with van der Waals surface area (Å²) in [5, 5.41) is 3.82. The normalized spacial score (nSPS) is 10.8. The number of hydrogen-bond acceptors (Lipinski definition) is 6. The van der Waals surface area contributed by atoms with Gasteiger partial charge in [-0.1, -0.05) is 37.0 Å². The van der Waals surface area contributed by atoms with E-state index in [0.717, 1.165) is 13.1 Å². The third-order valence-electron chi connectivity index (χ3n) is 5.25. The molecule has 0 radical (unpaired) electrons. The lowest BCUT2D eigenvalue weighted by atomic mass is 10.2. The number of nitrogens with one attached hydrogen (secondary N) is 1. The fraction of sp³-hybridized carbons (Fsp3) is 0.259. The Morgan fingerprint density at radius 3 is 1.78 bits per heavy atom. The number of benzene rings is 3. The number of nitrogens with zero attached hydrogens (tertiary/aromatic N) is 1. The van der Waals surface area contributed by atoms with E-state index in [1.165, 1.54) is 0 Å². The van der Waals surface area contributed by atoms with E-state index >= 15 is 0 Å². The molecule has 0 aliphatic carbocycles. The molecule has 0 saturated heterocycles. The van der Waals surface area contributed by atoms with Crippen molar-refractivity contribution in [2.75, 3.05) is 31.6 Å². The summed E-state index contributed by atoms with van der Waals surface area (Å²) in [6.45, 7) is 6.90. The molecule has 7 nitrogen and oxygen atoms in total. The van der Waals surface area contributed by atoms with Gasteiger partial charge in [0.25, 0.3) is 0 Å². The molecule has 0 heterocycles. The van der Waals surface area contributed by atoms with Gasteiger partial charge in [0.15, 0.2) is 0 Å². The molecule has 3 aromatic carbocycles. The molecule has 0 aromatic heterocycles. The molecular formula is C27H28Cl2N2O5. The van der Waals surface area contributed by atoms with E-state index in [1.54, 1.807) is 72.8 Å². The van der Waals surface area contributed by atoms with Crippen LogP contribution in [-0.4, -0.2) is 49.3 Å². The van der Waals surface area contributed by atoms with Gasteiger partial charge in [0.1, 0.15) is 18.1 Å². The maximum absolute atomic E-state index is 13.0. The number of amides is 1. The molecule has 0 saturated carbocycles. The summed E-state index contributed by atoms with van der Waals surface area (Å²) >= 11 is 11.9. The number of carbonyl (C=O) groups excluding carboxylic acids is 2. The van der Waals surface area contributed by atoms with Crippen LogP contribution in [0.1, 0.15) is 24.2 Å². The van der Waals surface area contributed by atoms with E-state index in [4.69, 9.17) is 37.4 Å². The van der Waals surface area contributed by atoms with Crippen LogP contribution in [0, 0.1) is 0 Å². The van der Waals surface area contributed by atoms with Gasteiger partial charge in [0.2, 0.25) is 0 Å². The summed E-state index contributed by atoms with van der Waals surface area (Å²) in [6.07, 6.45) is -1.31. The molecule has 9 heteroatoms. The maximum atomic E-state index is 13.0. The third-order valence-corrected chi connectivity index (χ3v) is 5.75. The van der Waals surface area contributed by atoms with Crippen molar-refractivity contribution in [1.82, 2.24) is 4.90 Å². The van der Waals surface area contributed by atoms with Gasteiger partial charge in [-0.3, -0.25) is 4.79 Å². The Hall–Kier alpha value is -3.26. The highest BCUT2D eigenvalue weighted by molar-refractivity contribution is 6.30. The average molecular weight is 531 g/mol. The fourth-order valence-electron chi connectivity index (χ4n) is 3.19. The van der Waals surface area contributed by atoms with Crippen LogP contribution in [0.3, 0.4) is 0 Å². The van der Waals surface area contributed by atoms with E-state index in [2.05, 4.69) is 24.1 Å². The monoisotopic (exact) mass is 530 g/mol. The zero-order chi connectivity index (χ0) is 25.9. The van der Waals surface area contributed by atoms with E-state index < -0.39 is 18.2 Å². The zero-order valence-electron chi connectivity index (χ0n) is 20.1. The Morgan fingerprint density at radius 2 is 1.31 bits per heavy atom.